The van der Waals surface area contributed by atoms with Crippen molar-refractivity contribution in [2.24, 2.45) is 10.4 Å². The highest BCUT2D eigenvalue weighted by Gasteiger charge is 2.44. The molecule has 0 spiro atoms. The summed E-state index contributed by atoms with van der Waals surface area (Å²) >= 11 is 0. The summed E-state index contributed by atoms with van der Waals surface area (Å²) in [5.41, 5.74) is 0.800. The van der Waals surface area contributed by atoms with Crippen LogP contribution in [-0.2, 0) is 15.3 Å². The van der Waals surface area contributed by atoms with Crippen LogP contribution in [0.1, 0.15) is 45.6 Å². The van der Waals surface area contributed by atoms with Gasteiger partial charge in [0.1, 0.15) is 15.7 Å². The van der Waals surface area contributed by atoms with E-state index in [4.69, 9.17) is 0 Å². The van der Waals surface area contributed by atoms with Crippen molar-refractivity contribution in [2.75, 3.05) is 31.6 Å². The van der Waals surface area contributed by atoms with Crippen LogP contribution in [0.2, 0.25) is 0 Å². The van der Waals surface area contributed by atoms with Crippen molar-refractivity contribution >= 4 is 15.8 Å². The van der Waals surface area contributed by atoms with Crippen LogP contribution in [0, 0.1) is 11.2 Å². The fraction of sp³-hybridized carbons (Fsp3) is 0.650. The van der Waals surface area contributed by atoms with Gasteiger partial charge in [-0.2, -0.15) is 0 Å². The second-order valence-corrected chi connectivity index (χ2v) is 10.6. The Balaban J connectivity index is 1.97. The number of halogens is 1. The van der Waals surface area contributed by atoms with Crippen molar-refractivity contribution in [3.8, 4) is 0 Å². The summed E-state index contributed by atoms with van der Waals surface area (Å²) in [6.45, 7) is 8.03. The van der Waals surface area contributed by atoms with E-state index >= 15 is 0 Å². The highest BCUT2D eigenvalue weighted by Crippen LogP contribution is 2.47. The maximum absolute atomic E-state index is 13.6. The predicted molar refractivity (Wildman–Crippen MR) is 109 cm³/mol. The van der Waals surface area contributed by atoms with Crippen molar-refractivity contribution < 1.29 is 12.8 Å². The Hall–Kier alpha value is -1.63. The number of sulfone groups is 1. The molecule has 2 rings (SSSR count). The van der Waals surface area contributed by atoms with E-state index in [1.807, 2.05) is 26.8 Å². The molecule has 1 aliphatic rings. The first-order valence-corrected chi connectivity index (χ1v) is 11.6. The lowest BCUT2D eigenvalue weighted by atomic mass is 9.90. The molecule has 2 N–H and O–H groups in total. The van der Waals surface area contributed by atoms with Crippen LogP contribution in [0.4, 0.5) is 4.39 Å². The van der Waals surface area contributed by atoms with Gasteiger partial charge in [0.15, 0.2) is 5.96 Å². The molecule has 1 fully saturated rings. The van der Waals surface area contributed by atoms with E-state index in [0.717, 1.165) is 24.9 Å². The van der Waals surface area contributed by atoms with Gasteiger partial charge in [-0.1, -0.05) is 26.0 Å². The van der Waals surface area contributed by atoms with E-state index in [0.29, 0.717) is 25.5 Å². The molecular formula is C20H32FN3O2S. The SMILES string of the molecule is CCNC(=NCC(C)(C)CCS(C)(=O)=O)NCC1(c2cccc(F)c2)CC1. The zero-order valence-electron chi connectivity index (χ0n) is 16.8. The monoisotopic (exact) mass is 397 g/mol. The minimum Gasteiger partial charge on any atom is -0.357 e. The Kier molecular flexibility index (Phi) is 6.89. The highest BCUT2D eigenvalue weighted by atomic mass is 32.2. The third-order valence-electron chi connectivity index (χ3n) is 5.04. The summed E-state index contributed by atoms with van der Waals surface area (Å²) in [6, 6.07) is 6.83. The zero-order valence-corrected chi connectivity index (χ0v) is 17.6. The normalized spacial score (nSPS) is 16.9. The van der Waals surface area contributed by atoms with Crippen molar-refractivity contribution in [1.29, 1.82) is 0 Å². The van der Waals surface area contributed by atoms with Crippen molar-refractivity contribution in [1.82, 2.24) is 10.6 Å². The molecule has 152 valence electrons. The van der Waals surface area contributed by atoms with Gasteiger partial charge in [0.2, 0.25) is 0 Å². The largest absolute Gasteiger partial charge is 0.357 e. The van der Waals surface area contributed by atoms with Crippen molar-refractivity contribution in [3.63, 3.8) is 0 Å². The Labute approximate surface area is 162 Å². The fourth-order valence-corrected chi connectivity index (χ4v) is 3.89. The third kappa shape index (κ3) is 7.13. The van der Waals surface area contributed by atoms with Gasteiger partial charge in [-0.15, -0.1) is 0 Å². The second-order valence-electron chi connectivity index (χ2n) is 8.38. The smallest absolute Gasteiger partial charge is 0.191 e. The van der Waals surface area contributed by atoms with Crippen LogP contribution in [0.3, 0.4) is 0 Å². The van der Waals surface area contributed by atoms with Crippen LogP contribution in [0.25, 0.3) is 0 Å². The predicted octanol–water partition coefficient (Wildman–Crippen LogP) is 2.87. The summed E-state index contributed by atoms with van der Waals surface area (Å²) < 4.78 is 36.4. The molecule has 0 aliphatic heterocycles. The molecule has 0 atom stereocenters. The fourth-order valence-electron chi connectivity index (χ4n) is 2.97. The van der Waals surface area contributed by atoms with Crippen LogP contribution in [0.15, 0.2) is 29.3 Å². The van der Waals surface area contributed by atoms with Gasteiger partial charge in [0, 0.05) is 31.3 Å². The first kappa shape index (κ1) is 21.7. The number of benzene rings is 1. The van der Waals surface area contributed by atoms with Gasteiger partial charge in [0.25, 0.3) is 0 Å². The molecule has 7 heteroatoms. The van der Waals surface area contributed by atoms with Crippen LogP contribution in [-0.4, -0.2) is 46.0 Å². The van der Waals surface area contributed by atoms with Gasteiger partial charge in [-0.05, 0) is 49.3 Å². The molecule has 0 radical (unpaired) electrons. The number of rotatable bonds is 9. The van der Waals surface area contributed by atoms with Gasteiger partial charge in [0.05, 0.1) is 5.75 Å². The van der Waals surface area contributed by atoms with Gasteiger partial charge in [-0.3, -0.25) is 4.99 Å². The van der Waals surface area contributed by atoms with E-state index < -0.39 is 9.84 Å². The summed E-state index contributed by atoms with van der Waals surface area (Å²) in [5, 5.41) is 6.62. The number of nitrogens with one attached hydrogen (secondary N) is 2. The van der Waals surface area contributed by atoms with Crippen molar-refractivity contribution in [3.05, 3.63) is 35.6 Å². The molecule has 0 bridgehead atoms. The lowest BCUT2D eigenvalue weighted by molar-refractivity contribution is 0.365. The average molecular weight is 398 g/mol. The van der Waals surface area contributed by atoms with Crippen molar-refractivity contribution in [2.45, 2.75) is 45.4 Å². The molecule has 0 heterocycles. The first-order chi connectivity index (χ1) is 12.6. The number of hydrogen-bond acceptors (Lipinski definition) is 3. The Morgan fingerprint density at radius 1 is 1.30 bits per heavy atom. The Bertz CT molecular complexity index is 771. The summed E-state index contributed by atoms with van der Waals surface area (Å²) in [6.07, 6.45) is 3.90. The Morgan fingerprint density at radius 2 is 2.00 bits per heavy atom. The number of nitrogens with zero attached hydrogens (tertiary/aromatic N) is 1. The number of hydrogen-bond donors (Lipinski definition) is 2. The van der Waals surface area contributed by atoms with E-state index in [1.165, 1.54) is 12.3 Å². The number of aliphatic imine (C=N–C) groups is 1. The summed E-state index contributed by atoms with van der Waals surface area (Å²) in [4.78, 5) is 4.65. The van der Waals surface area contributed by atoms with Gasteiger partial charge < -0.3 is 10.6 Å². The Morgan fingerprint density at radius 3 is 2.56 bits per heavy atom. The number of guanidine groups is 1. The molecule has 0 saturated heterocycles. The quantitative estimate of drug-likeness (QED) is 0.497. The first-order valence-electron chi connectivity index (χ1n) is 9.51. The molecule has 0 aromatic heterocycles. The van der Waals surface area contributed by atoms with E-state index in [2.05, 4.69) is 15.6 Å². The molecule has 1 saturated carbocycles. The van der Waals surface area contributed by atoms with E-state index in [9.17, 15) is 12.8 Å². The zero-order chi connectivity index (χ0) is 20.1. The van der Waals surface area contributed by atoms with E-state index in [-0.39, 0.29) is 22.4 Å². The van der Waals surface area contributed by atoms with Crippen LogP contribution in [0.5, 0.6) is 0 Å². The van der Waals surface area contributed by atoms with Gasteiger partial charge >= 0.3 is 0 Å². The highest BCUT2D eigenvalue weighted by molar-refractivity contribution is 7.90. The summed E-state index contributed by atoms with van der Waals surface area (Å²) in [7, 11) is -2.97. The molecule has 1 aromatic rings. The molecule has 0 amide bonds. The standard InChI is InChI=1S/C20H32FN3O2S/c1-5-22-18(23-14-19(2,3)11-12-27(4,25)26)24-15-20(9-10-20)16-7-6-8-17(21)13-16/h6-8,13H,5,9-12,14-15H2,1-4H3,(H2,22,23,24). The molecule has 27 heavy (non-hydrogen) atoms. The van der Waals surface area contributed by atoms with Crippen LogP contribution >= 0.6 is 0 Å². The lowest BCUT2D eigenvalue weighted by Gasteiger charge is -2.23. The molecular weight excluding hydrogens is 365 g/mol. The topological polar surface area (TPSA) is 70.6 Å². The minimum atomic E-state index is -2.97. The second kappa shape index (κ2) is 8.59. The molecule has 0 unspecified atom stereocenters. The van der Waals surface area contributed by atoms with Gasteiger partial charge in [-0.25, -0.2) is 12.8 Å². The van der Waals surface area contributed by atoms with Crippen LogP contribution < -0.4 is 10.6 Å². The summed E-state index contributed by atoms with van der Waals surface area (Å²) in [5.74, 6) is 0.682. The third-order valence-corrected chi connectivity index (χ3v) is 5.99. The minimum absolute atomic E-state index is 0.0237. The maximum atomic E-state index is 13.6. The molecule has 1 aliphatic carbocycles. The average Bonchev–Trinajstić information content (AvgIpc) is 3.36. The molecule has 1 aromatic carbocycles. The lowest BCUT2D eigenvalue weighted by Crippen LogP contribution is -2.42. The van der Waals surface area contributed by atoms with E-state index in [1.54, 1.807) is 12.1 Å². The maximum Gasteiger partial charge on any atom is 0.191 e. The molecule has 5 nitrogen and oxygen atoms in total.